The maximum Gasteiger partial charge on any atom is 0.256 e. The summed E-state index contributed by atoms with van der Waals surface area (Å²) in [4.78, 5) is 25.8. The Kier molecular flexibility index (Phi) is 5.45. The number of aromatic nitrogens is 1. The van der Waals surface area contributed by atoms with E-state index in [0.717, 1.165) is 42.3 Å². The molecule has 0 radical (unpaired) electrons. The number of nitrogens with zero attached hydrogens (tertiary/aromatic N) is 2. The molecule has 1 saturated heterocycles. The highest BCUT2D eigenvalue weighted by Gasteiger charge is 2.23. The second-order valence-electron chi connectivity index (χ2n) is 6.41. The smallest absolute Gasteiger partial charge is 0.256 e. The van der Waals surface area contributed by atoms with E-state index in [1.807, 2.05) is 37.3 Å². The van der Waals surface area contributed by atoms with Crippen molar-refractivity contribution in [3.05, 3.63) is 47.2 Å². The van der Waals surface area contributed by atoms with Crippen molar-refractivity contribution in [1.82, 2.24) is 14.6 Å². The molecule has 3 rings (SSSR count). The first-order valence-electron chi connectivity index (χ1n) is 8.32. The van der Waals surface area contributed by atoms with Gasteiger partial charge in [-0.2, -0.15) is 4.37 Å². The Morgan fingerprint density at radius 3 is 2.92 bits per heavy atom. The predicted molar refractivity (Wildman–Crippen MR) is 98.7 cm³/mol. The van der Waals surface area contributed by atoms with Gasteiger partial charge in [0.05, 0.1) is 5.69 Å². The van der Waals surface area contributed by atoms with Gasteiger partial charge >= 0.3 is 0 Å². The molecule has 1 unspecified atom stereocenters. The van der Waals surface area contributed by atoms with Crippen LogP contribution in [0.15, 0.2) is 30.3 Å². The summed E-state index contributed by atoms with van der Waals surface area (Å²) in [5.74, 6) is -0.105. The zero-order valence-electron chi connectivity index (χ0n) is 14.4. The molecule has 1 aromatic carbocycles. The summed E-state index contributed by atoms with van der Waals surface area (Å²) < 4.78 is 4.17. The number of hydrogen-bond donors (Lipinski definition) is 2. The second kappa shape index (κ2) is 7.76. The van der Waals surface area contributed by atoms with Gasteiger partial charge in [0.15, 0.2) is 0 Å². The van der Waals surface area contributed by atoms with Gasteiger partial charge in [-0.25, -0.2) is 0 Å². The minimum Gasteiger partial charge on any atom is -0.352 e. The molecule has 132 valence electrons. The number of likely N-dealkylation sites (tertiary alicyclic amines) is 1. The predicted octanol–water partition coefficient (Wildman–Crippen LogP) is 2.41. The molecule has 0 bridgehead atoms. The monoisotopic (exact) mass is 358 g/mol. The van der Waals surface area contributed by atoms with Gasteiger partial charge in [0.1, 0.15) is 5.00 Å². The van der Waals surface area contributed by atoms with E-state index in [1.165, 1.54) is 11.5 Å². The lowest BCUT2D eigenvalue weighted by Gasteiger charge is -2.16. The molecule has 25 heavy (non-hydrogen) atoms. The number of carbonyl (C=O) groups excluding carboxylic acids is 2. The number of rotatable bonds is 5. The molecule has 1 fully saturated rings. The summed E-state index contributed by atoms with van der Waals surface area (Å²) in [7, 11) is 0. The standard InChI is InChI=1S/C18H22N4O2S/c1-12-8-17(25-21-12)20-18(24)15-5-3-4-14(9-15)10-22-7-6-16(11-22)19-13(2)23/h3-5,8-9,16H,6-7,10-11H2,1-2H3,(H,19,23)(H,20,24). The zero-order valence-corrected chi connectivity index (χ0v) is 15.2. The van der Waals surface area contributed by atoms with Crippen LogP contribution in [0.1, 0.15) is 35.0 Å². The quantitative estimate of drug-likeness (QED) is 0.861. The van der Waals surface area contributed by atoms with Crippen LogP contribution in [0, 0.1) is 6.92 Å². The molecule has 6 nitrogen and oxygen atoms in total. The zero-order chi connectivity index (χ0) is 17.8. The van der Waals surface area contributed by atoms with Gasteiger partial charge in [0.2, 0.25) is 5.91 Å². The fraction of sp³-hybridized carbons (Fsp3) is 0.389. The van der Waals surface area contributed by atoms with Gasteiger partial charge in [-0.15, -0.1) is 0 Å². The van der Waals surface area contributed by atoms with Crippen molar-refractivity contribution >= 4 is 28.3 Å². The third-order valence-electron chi connectivity index (χ3n) is 4.14. The van der Waals surface area contributed by atoms with Gasteiger partial charge in [0.25, 0.3) is 5.91 Å². The first-order valence-corrected chi connectivity index (χ1v) is 9.10. The van der Waals surface area contributed by atoms with Crippen molar-refractivity contribution in [2.75, 3.05) is 18.4 Å². The Morgan fingerprint density at radius 1 is 1.36 bits per heavy atom. The van der Waals surface area contributed by atoms with Crippen LogP contribution in [0.5, 0.6) is 0 Å². The molecule has 1 aliphatic rings. The minimum absolute atomic E-state index is 0.0174. The molecule has 2 N–H and O–H groups in total. The first kappa shape index (κ1) is 17.6. The highest BCUT2D eigenvalue weighted by molar-refractivity contribution is 7.10. The van der Waals surface area contributed by atoms with E-state index in [2.05, 4.69) is 19.9 Å². The number of amides is 2. The topological polar surface area (TPSA) is 74.3 Å². The van der Waals surface area contributed by atoms with Gasteiger partial charge < -0.3 is 10.6 Å². The molecule has 7 heteroatoms. The summed E-state index contributed by atoms with van der Waals surface area (Å²) in [6, 6.07) is 9.76. The van der Waals surface area contributed by atoms with Crippen LogP contribution in [0.25, 0.3) is 0 Å². The Morgan fingerprint density at radius 2 is 2.20 bits per heavy atom. The average Bonchev–Trinajstić information content (AvgIpc) is 3.16. The van der Waals surface area contributed by atoms with Crippen LogP contribution in [0.3, 0.4) is 0 Å². The number of anilines is 1. The lowest BCUT2D eigenvalue weighted by Crippen LogP contribution is -2.35. The van der Waals surface area contributed by atoms with Crippen LogP contribution in [-0.4, -0.2) is 40.2 Å². The van der Waals surface area contributed by atoms with Gasteiger partial charge in [-0.3, -0.25) is 14.5 Å². The summed E-state index contributed by atoms with van der Waals surface area (Å²) in [5, 5.41) is 6.61. The van der Waals surface area contributed by atoms with Crippen LogP contribution in [0.2, 0.25) is 0 Å². The number of aryl methyl sites for hydroxylation is 1. The van der Waals surface area contributed by atoms with E-state index < -0.39 is 0 Å². The molecule has 2 heterocycles. The van der Waals surface area contributed by atoms with Crippen molar-refractivity contribution in [3.8, 4) is 0 Å². The Labute approximate surface area is 151 Å². The highest BCUT2D eigenvalue weighted by Crippen LogP contribution is 2.18. The third-order valence-corrected chi connectivity index (χ3v) is 4.94. The number of benzene rings is 1. The van der Waals surface area contributed by atoms with E-state index in [0.29, 0.717) is 5.56 Å². The molecule has 1 aliphatic heterocycles. The molecule has 1 aromatic heterocycles. The molecular weight excluding hydrogens is 336 g/mol. The van der Waals surface area contributed by atoms with Crippen LogP contribution < -0.4 is 10.6 Å². The van der Waals surface area contributed by atoms with Crippen LogP contribution in [0.4, 0.5) is 5.00 Å². The molecule has 2 aromatic rings. The maximum absolute atomic E-state index is 12.4. The number of nitrogens with one attached hydrogen (secondary N) is 2. The first-order chi connectivity index (χ1) is 12.0. The van der Waals surface area contributed by atoms with Crippen molar-refractivity contribution in [2.24, 2.45) is 0 Å². The fourth-order valence-electron chi connectivity index (χ4n) is 3.06. The van der Waals surface area contributed by atoms with E-state index in [9.17, 15) is 9.59 Å². The fourth-order valence-corrected chi connectivity index (χ4v) is 3.71. The summed E-state index contributed by atoms with van der Waals surface area (Å²) in [6.45, 7) is 6.01. The van der Waals surface area contributed by atoms with E-state index in [4.69, 9.17) is 0 Å². The molecule has 1 atom stereocenters. The second-order valence-corrected chi connectivity index (χ2v) is 7.21. The lowest BCUT2D eigenvalue weighted by molar-refractivity contribution is -0.119. The van der Waals surface area contributed by atoms with Crippen LogP contribution in [-0.2, 0) is 11.3 Å². The average molecular weight is 358 g/mol. The Bertz CT molecular complexity index is 774. The minimum atomic E-state index is -0.122. The number of carbonyl (C=O) groups is 2. The number of hydrogen-bond acceptors (Lipinski definition) is 5. The SMILES string of the molecule is CC(=O)NC1CCN(Cc2cccc(C(=O)Nc3cc(C)ns3)c2)C1. The summed E-state index contributed by atoms with van der Waals surface area (Å²) >= 11 is 1.28. The van der Waals surface area contributed by atoms with Gasteiger partial charge in [-0.1, -0.05) is 12.1 Å². The molecular formula is C18H22N4O2S. The lowest BCUT2D eigenvalue weighted by atomic mass is 10.1. The van der Waals surface area contributed by atoms with E-state index >= 15 is 0 Å². The van der Waals surface area contributed by atoms with Gasteiger partial charge in [0, 0.05) is 38.2 Å². The molecule has 0 spiro atoms. The van der Waals surface area contributed by atoms with Crippen molar-refractivity contribution in [1.29, 1.82) is 0 Å². The summed E-state index contributed by atoms with van der Waals surface area (Å²) in [6.07, 6.45) is 0.963. The molecule has 2 amide bonds. The van der Waals surface area contributed by atoms with E-state index in [1.54, 1.807) is 6.92 Å². The maximum atomic E-state index is 12.4. The third kappa shape index (κ3) is 4.87. The normalized spacial score (nSPS) is 17.4. The van der Waals surface area contributed by atoms with Crippen molar-refractivity contribution < 1.29 is 9.59 Å². The van der Waals surface area contributed by atoms with Gasteiger partial charge in [-0.05, 0) is 48.6 Å². The summed E-state index contributed by atoms with van der Waals surface area (Å²) in [5.41, 5.74) is 2.63. The van der Waals surface area contributed by atoms with Crippen molar-refractivity contribution in [2.45, 2.75) is 32.9 Å². The highest BCUT2D eigenvalue weighted by atomic mass is 32.1. The Hall–Kier alpha value is -2.25. The molecule has 0 aliphatic carbocycles. The van der Waals surface area contributed by atoms with Crippen molar-refractivity contribution in [3.63, 3.8) is 0 Å². The van der Waals surface area contributed by atoms with E-state index in [-0.39, 0.29) is 17.9 Å². The molecule has 0 saturated carbocycles. The largest absolute Gasteiger partial charge is 0.352 e. The van der Waals surface area contributed by atoms with Crippen LogP contribution >= 0.6 is 11.5 Å². The Balaban J connectivity index is 1.60.